The monoisotopic (exact) mass is 328 g/mol. The molecular formula is C18H24N4O2. The molecule has 0 amide bonds. The first-order valence-corrected chi connectivity index (χ1v) is 8.84. The molecule has 6 heteroatoms. The second kappa shape index (κ2) is 6.81. The van der Waals surface area contributed by atoms with E-state index < -0.39 is 0 Å². The van der Waals surface area contributed by atoms with Gasteiger partial charge in [0.05, 0.1) is 17.9 Å². The van der Waals surface area contributed by atoms with E-state index in [2.05, 4.69) is 38.6 Å². The van der Waals surface area contributed by atoms with E-state index in [9.17, 15) is 5.11 Å². The molecule has 2 aliphatic rings. The Morgan fingerprint density at radius 2 is 1.92 bits per heavy atom. The summed E-state index contributed by atoms with van der Waals surface area (Å²) in [6, 6.07) is 8.34. The number of para-hydroxylation sites is 2. The van der Waals surface area contributed by atoms with Crippen molar-refractivity contribution in [2.24, 2.45) is 5.92 Å². The van der Waals surface area contributed by atoms with Crippen molar-refractivity contribution in [2.45, 2.75) is 38.1 Å². The molecule has 6 nitrogen and oxygen atoms in total. The van der Waals surface area contributed by atoms with E-state index in [-0.39, 0.29) is 0 Å². The summed E-state index contributed by atoms with van der Waals surface area (Å²) in [6.07, 6.45) is 4.42. The molecule has 0 atom stereocenters. The minimum absolute atomic E-state index is 0.300. The number of aromatic nitrogens is 2. The van der Waals surface area contributed by atoms with Gasteiger partial charge in [0.1, 0.15) is 0 Å². The molecule has 24 heavy (non-hydrogen) atoms. The molecule has 1 saturated carbocycles. The van der Waals surface area contributed by atoms with Crippen LogP contribution in [0.2, 0.25) is 0 Å². The van der Waals surface area contributed by atoms with Crippen LogP contribution < -0.4 is 10.2 Å². The third-order valence-electron chi connectivity index (χ3n) is 4.96. The summed E-state index contributed by atoms with van der Waals surface area (Å²) in [5.41, 5.74) is 2.29. The number of benzene rings is 1. The Balaban J connectivity index is 1.41. The Hall–Kier alpha value is -2.08. The van der Waals surface area contributed by atoms with Crippen LogP contribution in [0.25, 0.3) is 0 Å². The third kappa shape index (κ3) is 3.38. The van der Waals surface area contributed by atoms with Crippen LogP contribution in [0.5, 0.6) is 0 Å². The summed E-state index contributed by atoms with van der Waals surface area (Å²) in [6.45, 7) is 2.81. The number of nitrogens with zero attached hydrogens (tertiary/aromatic N) is 3. The zero-order valence-corrected chi connectivity index (χ0v) is 13.8. The number of anilines is 2. The Morgan fingerprint density at radius 1 is 1.12 bits per heavy atom. The minimum atomic E-state index is 0.300. The molecule has 2 heterocycles. The Labute approximate surface area is 141 Å². The average Bonchev–Trinajstić information content (AvgIpc) is 3.39. The van der Waals surface area contributed by atoms with E-state index in [0.717, 1.165) is 37.5 Å². The summed E-state index contributed by atoms with van der Waals surface area (Å²) >= 11 is 0. The Bertz CT molecular complexity index is 675. The molecule has 128 valence electrons. The second-order valence-corrected chi connectivity index (χ2v) is 6.79. The van der Waals surface area contributed by atoms with Crippen LogP contribution >= 0.6 is 0 Å². The average molecular weight is 328 g/mol. The maximum Gasteiger partial charge on any atom is 0.235 e. The van der Waals surface area contributed by atoms with E-state index in [1.165, 1.54) is 18.5 Å². The molecule has 0 unspecified atom stereocenters. The molecule has 1 aliphatic carbocycles. The highest BCUT2D eigenvalue weighted by Gasteiger charge is 2.29. The lowest BCUT2D eigenvalue weighted by molar-refractivity contribution is 0.203. The molecular weight excluding hydrogens is 304 g/mol. The van der Waals surface area contributed by atoms with Crippen molar-refractivity contribution in [3.05, 3.63) is 36.0 Å². The van der Waals surface area contributed by atoms with Crippen molar-refractivity contribution in [3.8, 4) is 0 Å². The highest BCUT2D eigenvalue weighted by molar-refractivity contribution is 5.70. The SMILES string of the molecule is OCC1CCN(c2ccccc2NCc2nnc(C3CC3)o2)CC1. The fraction of sp³-hybridized carbons (Fsp3) is 0.556. The second-order valence-electron chi connectivity index (χ2n) is 6.79. The zero-order valence-electron chi connectivity index (χ0n) is 13.8. The van der Waals surface area contributed by atoms with Gasteiger partial charge in [0.15, 0.2) is 0 Å². The van der Waals surface area contributed by atoms with Crippen LogP contribution in [0, 0.1) is 5.92 Å². The Kier molecular flexibility index (Phi) is 4.38. The molecule has 0 radical (unpaired) electrons. The molecule has 4 rings (SSSR count). The highest BCUT2D eigenvalue weighted by atomic mass is 16.4. The van der Waals surface area contributed by atoms with Crippen LogP contribution in [-0.4, -0.2) is 35.0 Å². The van der Waals surface area contributed by atoms with Crippen molar-refractivity contribution in [1.29, 1.82) is 0 Å². The standard InChI is InChI=1S/C18H24N4O2/c23-12-13-7-9-22(10-8-13)16-4-2-1-3-15(16)19-11-17-20-21-18(24-17)14-5-6-14/h1-4,13-14,19,23H,5-12H2. The lowest BCUT2D eigenvalue weighted by Gasteiger charge is -2.34. The summed E-state index contributed by atoms with van der Waals surface area (Å²) in [5, 5.41) is 21.0. The summed E-state index contributed by atoms with van der Waals surface area (Å²) < 4.78 is 5.72. The predicted octanol–water partition coefficient (Wildman–Crippen LogP) is 2.77. The van der Waals surface area contributed by atoms with E-state index >= 15 is 0 Å². The fourth-order valence-electron chi connectivity index (χ4n) is 3.26. The van der Waals surface area contributed by atoms with Crippen LogP contribution in [0.4, 0.5) is 11.4 Å². The minimum Gasteiger partial charge on any atom is -0.423 e. The van der Waals surface area contributed by atoms with Gasteiger partial charge in [0, 0.05) is 25.6 Å². The first kappa shape index (κ1) is 15.4. The van der Waals surface area contributed by atoms with Gasteiger partial charge in [-0.15, -0.1) is 10.2 Å². The number of aliphatic hydroxyl groups is 1. The molecule has 1 aromatic carbocycles. The van der Waals surface area contributed by atoms with E-state index in [1.54, 1.807) is 0 Å². The smallest absolute Gasteiger partial charge is 0.235 e. The zero-order chi connectivity index (χ0) is 16.4. The predicted molar refractivity (Wildman–Crippen MR) is 92.1 cm³/mol. The van der Waals surface area contributed by atoms with Crippen molar-refractivity contribution in [3.63, 3.8) is 0 Å². The lowest BCUT2D eigenvalue weighted by Crippen LogP contribution is -2.35. The van der Waals surface area contributed by atoms with Crippen molar-refractivity contribution >= 4 is 11.4 Å². The quantitative estimate of drug-likeness (QED) is 0.849. The summed E-state index contributed by atoms with van der Waals surface area (Å²) in [4.78, 5) is 2.39. The van der Waals surface area contributed by atoms with Gasteiger partial charge in [-0.25, -0.2) is 0 Å². The summed E-state index contributed by atoms with van der Waals surface area (Å²) in [5.74, 6) is 2.36. The maximum atomic E-state index is 9.30. The number of aliphatic hydroxyl groups excluding tert-OH is 1. The first-order chi connectivity index (χ1) is 11.8. The van der Waals surface area contributed by atoms with Gasteiger partial charge >= 0.3 is 0 Å². The third-order valence-corrected chi connectivity index (χ3v) is 4.96. The topological polar surface area (TPSA) is 74.4 Å². The molecule has 2 fully saturated rings. The van der Waals surface area contributed by atoms with Gasteiger partial charge in [0.25, 0.3) is 0 Å². The van der Waals surface area contributed by atoms with Crippen LogP contribution in [0.15, 0.2) is 28.7 Å². The van der Waals surface area contributed by atoms with Crippen LogP contribution in [0.1, 0.15) is 43.4 Å². The molecule has 0 spiro atoms. The van der Waals surface area contributed by atoms with E-state index in [4.69, 9.17) is 4.42 Å². The number of piperidine rings is 1. The largest absolute Gasteiger partial charge is 0.423 e. The summed E-state index contributed by atoms with van der Waals surface area (Å²) in [7, 11) is 0. The first-order valence-electron chi connectivity index (χ1n) is 8.84. The molecule has 1 aliphatic heterocycles. The number of hydrogen-bond acceptors (Lipinski definition) is 6. The van der Waals surface area contributed by atoms with E-state index in [1.807, 2.05) is 6.07 Å². The lowest BCUT2D eigenvalue weighted by atomic mass is 9.97. The van der Waals surface area contributed by atoms with Gasteiger partial charge < -0.3 is 19.7 Å². The van der Waals surface area contributed by atoms with Crippen LogP contribution in [0.3, 0.4) is 0 Å². The van der Waals surface area contributed by atoms with Crippen molar-refractivity contribution in [2.75, 3.05) is 29.9 Å². The molecule has 1 saturated heterocycles. The Morgan fingerprint density at radius 3 is 2.67 bits per heavy atom. The van der Waals surface area contributed by atoms with Gasteiger partial charge in [-0.2, -0.15) is 0 Å². The fourth-order valence-corrected chi connectivity index (χ4v) is 3.26. The maximum absolute atomic E-state index is 9.30. The van der Waals surface area contributed by atoms with Gasteiger partial charge in [-0.1, -0.05) is 12.1 Å². The molecule has 1 aromatic heterocycles. The van der Waals surface area contributed by atoms with E-state index in [0.29, 0.717) is 30.9 Å². The van der Waals surface area contributed by atoms with Crippen molar-refractivity contribution in [1.82, 2.24) is 10.2 Å². The normalized spacial score (nSPS) is 18.8. The van der Waals surface area contributed by atoms with Gasteiger partial charge in [-0.05, 0) is 43.7 Å². The van der Waals surface area contributed by atoms with Crippen LogP contribution in [-0.2, 0) is 6.54 Å². The van der Waals surface area contributed by atoms with Gasteiger partial charge in [-0.3, -0.25) is 0 Å². The molecule has 0 bridgehead atoms. The number of rotatable bonds is 6. The highest BCUT2D eigenvalue weighted by Crippen LogP contribution is 2.39. The molecule has 2 aromatic rings. The van der Waals surface area contributed by atoms with Crippen molar-refractivity contribution < 1.29 is 9.52 Å². The number of nitrogens with one attached hydrogen (secondary N) is 1. The number of hydrogen-bond donors (Lipinski definition) is 2. The molecule has 2 N–H and O–H groups in total. The van der Waals surface area contributed by atoms with Gasteiger partial charge in [0.2, 0.25) is 11.8 Å².